The van der Waals surface area contributed by atoms with Gasteiger partial charge in [0.2, 0.25) is 5.91 Å². The molecule has 4 atom stereocenters. The monoisotopic (exact) mass is 242 g/mol. The van der Waals surface area contributed by atoms with E-state index in [1.807, 2.05) is 6.26 Å². The zero-order valence-corrected chi connectivity index (χ0v) is 10.8. The van der Waals surface area contributed by atoms with E-state index in [-0.39, 0.29) is 11.9 Å². The van der Waals surface area contributed by atoms with Gasteiger partial charge in [0, 0.05) is 6.04 Å². The highest BCUT2D eigenvalue weighted by Crippen LogP contribution is 2.44. The zero-order chi connectivity index (χ0) is 11.5. The Labute approximate surface area is 102 Å². The van der Waals surface area contributed by atoms with Crippen molar-refractivity contribution in [3.63, 3.8) is 0 Å². The number of thioether (sulfide) groups is 1. The summed E-state index contributed by atoms with van der Waals surface area (Å²) in [5, 5.41) is 3.15. The average Bonchev–Trinajstić information content (AvgIpc) is 2.87. The first kappa shape index (κ1) is 12.2. The summed E-state index contributed by atoms with van der Waals surface area (Å²) in [5.41, 5.74) is 5.85. The predicted molar refractivity (Wildman–Crippen MR) is 68.4 cm³/mol. The summed E-state index contributed by atoms with van der Waals surface area (Å²) < 4.78 is 0. The molecule has 0 heterocycles. The minimum atomic E-state index is -0.313. The van der Waals surface area contributed by atoms with Gasteiger partial charge in [0.25, 0.3) is 0 Å². The number of carbonyl (C=O) groups excluding carboxylic acids is 1. The molecule has 2 aliphatic rings. The number of carbonyl (C=O) groups is 1. The normalized spacial score (nSPS) is 34.0. The lowest BCUT2D eigenvalue weighted by Gasteiger charge is -2.24. The Balaban J connectivity index is 1.74. The highest BCUT2D eigenvalue weighted by atomic mass is 32.2. The minimum absolute atomic E-state index is 0.0617. The predicted octanol–water partition coefficient (Wildman–Crippen LogP) is 1.37. The maximum Gasteiger partial charge on any atom is 0.237 e. The number of amides is 1. The van der Waals surface area contributed by atoms with Crippen LogP contribution in [0.4, 0.5) is 0 Å². The minimum Gasteiger partial charge on any atom is -0.352 e. The fourth-order valence-corrected chi connectivity index (χ4v) is 3.58. The van der Waals surface area contributed by atoms with Gasteiger partial charge in [-0.25, -0.2) is 0 Å². The van der Waals surface area contributed by atoms with Gasteiger partial charge in [0.15, 0.2) is 0 Å². The van der Waals surface area contributed by atoms with E-state index < -0.39 is 0 Å². The van der Waals surface area contributed by atoms with Crippen molar-refractivity contribution in [2.75, 3.05) is 12.0 Å². The SMILES string of the molecule is CSCC[C@H](N)C(=O)NC1CC2CCC1C2. The molecule has 16 heavy (non-hydrogen) atoms. The van der Waals surface area contributed by atoms with Crippen LogP contribution in [-0.4, -0.2) is 30.0 Å². The first-order chi connectivity index (χ1) is 7.70. The van der Waals surface area contributed by atoms with Gasteiger partial charge in [-0.2, -0.15) is 11.8 Å². The van der Waals surface area contributed by atoms with Gasteiger partial charge >= 0.3 is 0 Å². The van der Waals surface area contributed by atoms with Gasteiger partial charge in [-0.05, 0) is 49.5 Å². The maximum atomic E-state index is 11.8. The van der Waals surface area contributed by atoms with Crippen LogP contribution in [0.15, 0.2) is 0 Å². The molecule has 0 saturated heterocycles. The summed E-state index contributed by atoms with van der Waals surface area (Å²) in [6.07, 6.45) is 8.01. The lowest BCUT2D eigenvalue weighted by atomic mass is 9.95. The van der Waals surface area contributed by atoms with E-state index in [0.717, 1.165) is 24.0 Å². The van der Waals surface area contributed by atoms with Gasteiger partial charge in [-0.1, -0.05) is 6.42 Å². The third-order valence-corrected chi connectivity index (χ3v) is 4.68. The molecule has 0 aromatic carbocycles. The van der Waals surface area contributed by atoms with Crippen LogP contribution in [0.2, 0.25) is 0 Å². The van der Waals surface area contributed by atoms with Crippen LogP contribution >= 0.6 is 11.8 Å². The Bertz CT molecular complexity index is 259. The molecule has 2 bridgehead atoms. The van der Waals surface area contributed by atoms with Gasteiger partial charge in [0.05, 0.1) is 6.04 Å². The van der Waals surface area contributed by atoms with Crippen molar-refractivity contribution < 1.29 is 4.79 Å². The molecule has 4 heteroatoms. The maximum absolute atomic E-state index is 11.8. The van der Waals surface area contributed by atoms with Crippen molar-refractivity contribution in [1.82, 2.24) is 5.32 Å². The van der Waals surface area contributed by atoms with Crippen molar-refractivity contribution >= 4 is 17.7 Å². The van der Waals surface area contributed by atoms with E-state index in [1.165, 1.54) is 25.7 Å². The molecular formula is C12H22N2OS. The van der Waals surface area contributed by atoms with Gasteiger partial charge in [-0.3, -0.25) is 4.79 Å². The molecule has 2 fully saturated rings. The van der Waals surface area contributed by atoms with Crippen LogP contribution in [0.25, 0.3) is 0 Å². The Morgan fingerprint density at radius 3 is 2.88 bits per heavy atom. The highest BCUT2D eigenvalue weighted by Gasteiger charge is 2.40. The Morgan fingerprint density at radius 2 is 2.31 bits per heavy atom. The molecular weight excluding hydrogens is 220 g/mol. The van der Waals surface area contributed by atoms with Crippen molar-refractivity contribution in [3.05, 3.63) is 0 Å². The largest absolute Gasteiger partial charge is 0.352 e. The molecule has 2 rings (SSSR count). The average molecular weight is 242 g/mol. The van der Waals surface area contributed by atoms with Gasteiger partial charge in [0.1, 0.15) is 0 Å². The number of fused-ring (bicyclic) bond motifs is 2. The number of rotatable bonds is 5. The fourth-order valence-electron chi connectivity index (χ4n) is 3.09. The van der Waals surface area contributed by atoms with Gasteiger partial charge < -0.3 is 11.1 Å². The standard InChI is InChI=1S/C12H22N2OS/c1-16-5-4-10(13)12(15)14-11-7-8-2-3-9(11)6-8/h8-11H,2-7,13H2,1H3,(H,14,15)/t8?,9?,10-,11?/m0/s1. The molecule has 0 aromatic rings. The van der Waals surface area contributed by atoms with Crippen LogP contribution in [0.1, 0.15) is 32.1 Å². The summed E-state index contributed by atoms with van der Waals surface area (Å²) in [5.74, 6) is 2.64. The molecule has 3 unspecified atom stereocenters. The summed E-state index contributed by atoms with van der Waals surface area (Å²) in [4.78, 5) is 11.8. The lowest BCUT2D eigenvalue weighted by molar-refractivity contribution is -0.123. The Hall–Kier alpha value is -0.220. The van der Waals surface area contributed by atoms with E-state index >= 15 is 0 Å². The summed E-state index contributed by atoms with van der Waals surface area (Å²) in [7, 11) is 0. The van der Waals surface area contributed by atoms with Gasteiger partial charge in [-0.15, -0.1) is 0 Å². The summed E-state index contributed by atoms with van der Waals surface area (Å²) in [6.45, 7) is 0. The molecule has 2 saturated carbocycles. The molecule has 3 N–H and O–H groups in total. The van der Waals surface area contributed by atoms with E-state index in [0.29, 0.717) is 6.04 Å². The van der Waals surface area contributed by atoms with Crippen molar-refractivity contribution in [2.45, 2.75) is 44.2 Å². The number of hydrogen-bond acceptors (Lipinski definition) is 3. The zero-order valence-electron chi connectivity index (χ0n) is 9.95. The third-order valence-electron chi connectivity index (χ3n) is 4.04. The summed E-state index contributed by atoms with van der Waals surface area (Å²) >= 11 is 1.74. The van der Waals surface area contributed by atoms with E-state index in [9.17, 15) is 4.79 Å². The van der Waals surface area contributed by atoms with E-state index in [1.54, 1.807) is 11.8 Å². The molecule has 3 nitrogen and oxygen atoms in total. The second kappa shape index (κ2) is 5.41. The van der Waals surface area contributed by atoms with Crippen molar-refractivity contribution in [3.8, 4) is 0 Å². The van der Waals surface area contributed by atoms with Crippen LogP contribution < -0.4 is 11.1 Å². The topological polar surface area (TPSA) is 55.1 Å². The second-order valence-electron chi connectivity index (χ2n) is 5.18. The molecule has 92 valence electrons. The molecule has 0 aliphatic heterocycles. The Kier molecular flexibility index (Phi) is 4.14. The van der Waals surface area contributed by atoms with Crippen LogP contribution in [0, 0.1) is 11.8 Å². The van der Waals surface area contributed by atoms with Crippen molar-refractivity contribution in [1.29, 1.82) is 0 Å². The van der Waals surface area contributed by atoms with E-state index in [2.05, 4.69) is 5.32 Å². The van der Waals surface area contributed by atoms with E-state index in [4.69, 9.17) is 5.73 Å². The summed E-state index contributed by atoms with van der Waals surface area (Å²) in [6, 6.07) is 0.109. The molecule has 1 amide bonds. The first-order valence-corrected chi connectivity index (χ1v) is 7.65. The first-order valence-electron chi connectivity index (χ1n) is 6.25. The Morgan fingerprint density at radius 1 is 1.50 bits per heavy atom. The molecule has 0 radical (unpaired) electrons. The molecule has 0 aromatic heterocycles. The molecule has 2 aliphatic carbocycles. The fraction of sp³-hybridized carbons (Fsp3) is 0.917. The highest BCUT2D eigenvalue weighted by molar-refractivity contribution is 7.98. The molecule has 0 spiro atoms. The quantitative estimate of drug-likeness (QED) is 0.765. The smallest absolute Gasteiger partial charge is 0.237 e. The lowest BCUT2D eigenvalue weighted by Crippen LogP contribution is -2.47. The third kappa shape index (κ3) is 2.72. The van der Waals surface area contributed by atoms with Crippen molar-refractivity contribution in [2.24, 2.45) is 17.6 Å². The van der Waals surface area contributed by atoms with Crippen LogP contribution in [0.3, 0.4) is 0 Å². The van der Waals surface area contributed by atoms with Crippen LogP contribution in [-0.2, 0) is 4.79 Å². The number of hydrogen-bond donors (Lipinski definition) is 2. The number of nitrogens with one attached hydrogen (secondary N) is 1. The van der Waals surface area contributed by atoms with Crippen LogP contribution in [0.5, 0.6) is 0 Å². The number of nitrogens with two attached hydrogens (primary N) is 1. The second-order valence-corrected chi connectivity index (χ2v) is 6.16.